The van der Waals surface area contributed by atoms with Gasteiger partial charge in [0.1, 0.15) is 5.69 Å². The number of hydrogen-bond acceptors (Lipinski definition) is 5. The number of carbonyl (C=O) groups excluding carboxylic acids is 1. The van der Waals surface area contributed by atoms with Gasteiger partial charge < -0.3 is 10.2 Å². The summed E-state index contributed by atoms with van der Waals surface area (Å²) in [5, 5.41) is 10.6. The third-order valence-electron chi connectivity index (χ3n) is 3.08. The highest BCUT2D eigenvalue weighted by Crippen LogP contribution is 1.98. The highest BCUT2D eigenvalue weighted by Gasteiger charge is 2.16. The highest BCUT2D eigenvalue weighted by atomic mass is 16.2. The van der Waals surface area contributed by atoms with Gasteiger partial charge in [-0.1, -0.05) is 5.21 Å². The first-order valence-corrected chi connectivity index (χ1v) is 6.16. The second kappa shape index (κ2) is 5.92. The quantitative estimate of drug-likeness (QED) is 0.720. The minimum Gasteiger partial charge on any atom is -0.349 e. The number of piperazine rings is 1. The minimum atomic E-state index is 0.0465. The number of nitrogens with zero attached hydrogens (tertiary/aromatic N) is 5. The molecular weight excluding hydrogens is 232 g/mol. The second-order valence-electron chi connectivity index (χ2n) is 4.74. The Hall–Kier alpha value is -1.47. The van der Waals surface area contributed by atoms with Crippen molar-refractivity contribution in [2.45, 2.75) is 6.54 Å². The summed E-state index contributed by atoms with van der Waals surface area (Å²) in [4.78, 5) is 16.2. The van der Waals surface area contributed by atoms with Gasteiger partial charge in [-0.05, 0) is 7.05 Å². The maximum Gasteiger partial charge on any atom is 0.234 e. The molecule has 1 fully saturated rings. The van der Waals surface area contributed by atoms with Gasteiger partial charge in [0.2, 0.25) is 5.91 Å². The van der Waals surface area contributed by atoms with Crippen LogP contribution >= 0.6 is 0 Å². The van der Waals surface area contributed by atoms with Gasteiger partial charge in [0.25, 0.3) is 0 Å². The summed E-state index contributed by atoms with van der Waals surface area (Å²) in [7, 11) is 3.91. The number of amides is 1. The van der Waals surface area contributed by atoms with Crippen LogP contribution in [0.15, 0.2) is 6.20 Å². The summed E-state index contributed by atoms with van der Waals surface area (Å²) in [6, 6.07) is 0. The van der Waals surface area contributed by atoms with E-state index in [1.165, 1.54) is 0 Å². The van der Waals surface area contributed by atoms with Crippen LogP contribution in [0.4, 0.5) is 0 Å². The molecule has 0 atom stereocenters. The molecule has 100 valence electrons. The van der Waals surface area contributed by atoms with Crippen molar-refractivity contribution >= 4 is 5.91 Å². The molecule has 1 aromatic heterocycles. The van der Waals surface area contributed by atoms with Crippen LogP contribution in [0.3, 0.4) is 0 Å². The zero-order chi connectivity index (χ0) is 13.0. The molecule has 2 heterocycles. The third-order valence-corrected chi connectivity index (χ3v) is 3.08. The fourth-order valence-corrected chi connectivity index (χ4v) is 1.93. The molecule has 0 radical (unpaired) electrons. The first-order chi connectivity index (χ1) is 8.63. The normalized spacial score (nSPS) is 17.9. The summed E-state index contributed by atoms with van der Waals surface area (Å²) >= 11 is 0. The molecule has 0 unspecified atom stereocenters. The summed E-state index contributed by atoms with van der Waals surface area (Å²) < 4.78 is 1.63. The molecule has 1 amide bonds. The highest BCUT2D eigenvalue weighted by molar-refractivity contribution is 5.77. The van der Waals surface area contributed by atoms with Crippen LogP contribution in [0.25, 0.3) is 0 Å². The van der Waals surface area contributed by atoms with E-state index in [2.05, 4.69) is 32.5 Å². The Morgan fingerprint density at radius 3 is 2.67 bits per heavy atom. The fraction of sp³-hybridized carbons (Fsp3) is 0.727. The Kier molecular flexibility index (Phi) is 4.27. The standard InChI is InChI=1S/C11H20N6O/c1-15-3-5-17(6-4-15)9-11(18)12-7-10-8-16(2)14-13-10/h8H,3-7,9H2,1-2H3,(H,12,18). The van der Waals surface area contributed by atoms with Crippen LogP contribution < -0.4 is 5.32 Å². The lowest BCUT2D eigenvalue weighted by Gasteiger charge is -2.31. The topological polar surface area (TPSA) is 66.3 Å². The van der Waals surface area contributed by atoms with E-state index in [1.54, 1.807) is 10.9 Å². The molecule has 1 saturated heterocycles. The van der Waals surface area contributed by atoms with E-state index in [0.29, 0.717) is 13.1 Å². The van der Waals surface area contributed by atoms with Gasteiger partial charge in [0.15, 0.2) is 0 Å². The molecule has 7 nitrogen and oxygen atoms in total. The van der Waals surface area contributed by atoms with E-state index < -0.39 is 0 Å². The van der Waals surface area contributed by atoms with E-state index in [9.17, 15) is 4.79 Å². The number of carbonyl (C=O) groups is 1. The average Bonchev–Trinajstić information content (AvgIpc) is 2.76. The first kappa shape index (κ1) is 13.0. The molecule has 1 aromatic rings. The Morgan fingerprint density at radius 1 is 1.33 bits per heavy atom. The Bertz CT molecular complexity index is 396. The summed E-state index contributed by atoms with van der Waals surface area (Å²) in [6.07, 6.45) is 1.80. The fourth-order valence-electron chi connectivity index (χ4n) is 1.93. The lowest BCUT2D eigenvalue weighted by molar-refractivity contribution is -0.122. The van der Waals surface area contributed by atoms with Crippen molar-refractivity contribution in [2.75, 3.05) is 39.8 Å². The van der Waals surface area contributed by atoms with Crippen molar-refractivity contribution in [2.24, 2.45) is 7.05 Å². The van der Waals surface area contributed by atoms with Gasteiger partial charge in [-0.2, -0.15) is 0 Å². The van der Waals surface area contributed by atoms with E-state index in [-0.39, 0.29) is 5.91 Å². The van der Waals surface area contributed by atoms with Gasteiger partial charge in [-0.25, -0.2) is 0 Å². The lowest BCUT2D eigenvalue weighted by Crippen LogP contribution is -2.48. The van der Waals surface area contributed by atoms with Crippen LogP contribution in [0.5, 0.6) is 0 Å². The second-order valence-corrected chi connectivity index (χ2v) is 4.74. The molecule has 1 aliphatic heterocycles. The van der Waals surface area contributed by atoms with Crippen molar-refractivity contribution in [3.8, 4) is 0 Å². The van der Waals surface area contributed by atoms with E-state index in [0.717, 1.165) is 31.9 Å². The minimum absolute atomic E-state index is 0.0465. The van der Waals surface area contributed by atoms with Gasteiger partial charge in [-0.3, -0.25) is 14.4 Å². The molecule has 1 N–H and O–H groups in total. The number of aryl methyl sites for hydroxylation is 1. The SMILES string of the molecule is CN1CCN(CC(=O)NCc2cn(C)nn2)CC1. The Labute approximate surface area is 107 Å². The summed E-state index contributed by atoms with van der Waals surface area (Å²) in [6.45, 7) is 4.87. The van der Waals surface area contributed by atoms with Crippen molar-refractivity contribution < 1.29 is 4.79 Å². The molecule has 0 saturated carbocycles. The molecule has 1 aliphatic rings. The van der Waals surface area contributed by atoms with Crippen molar-refractivity contribution in [1.82, 2.24) is 30.1 Å². The van der Waals surface area contributed by atoms with Gasteiger partial charge in [0, 0.05) is 39.4 Å². The van der Waals surface area contributed by atoms with E-state index in [1.807, 2.05) is 7.05 Å². The molecular formula is C11H20N6O. The number of aromatic nitrogens is 3. The predicted octanol–water partition coefficient (Wildman–Crippen LogP) is -1.32. The van der Waals surface area contributed by atoms with Crippen molar-refractivity contribution in [1.29, 1.82) is 0 Å². The first-order valence-electron chi connectivity index (χ1n) is 6.16. The van der Waals surface area contributed by atoms with Gasteiger partial charge >= 0.3 is 0 Å². The van der Waals surface area contributed by atoms with Crippen molar-refractivity contribution in [3.63, 3.8) is 0 Å². The zero-order valence-corrected chi connectivity index (χ0v) is 11.0. The Morgan fingerprint density at radius 2 is 2.06 bits per heavy atom. The van der Waals surface area contributed by atoms with E-state index >= 15 is 0 Å². The molecule has 2 rings (SSSR count). The van der Waals surface area contributed by atoms with Gasteiger partial charge in [0.05, 0.1) is 13.1 Å². The smallest absolute Gasteiger partial charge is 0.234 e. The molecule has 0 bridgehead atoms. The number of likely N-dealkylation sites (N-methyl/N-ethyl adjacent to an activating group) is 1. The summed E-state index contributed by atoms with van der Waals surface area (Å²) in [5.41, 5.74) is 0.782. The monoisotopic (exact) mass is 252 g/mol. The molecule has 0 aromatic carbocycles. The van der Waals surface area contributed by atoms with Crippen LogP contribution in [-0.4, -0.2) is 70.5 Å². The number of rotatable bonds is 4. The maximum absolute atomic E-state index is 11.8. The Balaban J connectivity index is 1.69. The average molecular weight is 252 g/mol. The van der Waals surface area contributed by atoms with Crippen LogP contribution in [0, 0.1) is 0 Å². The largest absolute Gasteiger partial charge is 0.349 e. The third kappa shape index (κ3) is 3.78. The zero-order valence-electron chi connectivity index (χ0n) is 11.0. The maximum atomic E-state index is 11.8. The predicted molar refractivity (Wildman–Crippen MR) is 66.8 cm³/mol. The number of hydrogen-bond donors (Lipinski definition) is 1. The molecule has 7 heteroatoms. The van der Waals surface area contributed by atoms with E-state index in [4.69, 9.17) is 0 Å². The summed E-state index contributed by atoms with van der Waals surface area (Å²) in [5.74, 6) is 0.0465. The number of nitrogens with one attached hydrogen (secondary N) is 1. The molecule has 18 heavy (non-hydrogen) atoms. The molecule has 0 aliphatic carbocycles. The molecule has 0 spiro atoms. The van der Waals surface area contributed by atoms with Crippen LogP contribution in [0.1, 0.15) is 5.69 Å². The van der Waals surface area contributed by atoms with Crippen LogP contribution in [-0.2, 0) is 18.4 Å². The van der Waals surface area contributed by atoms with Crippen LogP contribution in [0.2, 0.25) is 0 Å². The lowest BCUT2D eigenvalue weighted by atomic mass is 10.3. The van der Waals surface area contributed by atoms with Gasteiger partial charge in [-0.15, -0.1) is 5.10 Å². The van der Waals surface area contributed by atoms with Crippen molar-refractivity contribution in [3.05, 3.63) is 11.9 Å².